The molecule has 3 rings (SSSR count). The lowest BCUT2D eigenvalue weighted by atomic mass is 9.91. The van der Waals surface area contributed by atoms with Crippen LogP contribution in [0.3, 0.4) is 0 Å². The van der Waals surface area contributed by atoms with Crippen LogP contribution in [0.5, 0.6) is 0 Å². The standard InChI is InChI=1S/C20H21NO2S/c1-5-15-13(4)24-20-19(15)18(14-8-6-11(2)7-9-14)16(10-17(22)23)12(3)21-20/h6-9H,5,10H2,1-4H3,(H,22,23). The quantitative estimate of drug-likeness (QED) is 0.721. The topological polar surface area (TPSA) is 50.2 Å². The van der Waals surface area contributed by atoms with Gasteiger partial charge >= 0.3 is 5.97 Å². The molecule has 0 bridgehead atoms. The zero-order valence-electron chi connectivity index (χ0n) is 14.4. The van der Waals surface area contributed by atoms with Crippen molar-refractivity contribution >= 4 is 27.5 Å². The smallest absolute Gasteiger partial charge is 0.307 e. The van der Waals surface area contributed by atoms with E-state index in [0.717, 1.165) is 39.0 Å². The second-order valence-electron chi connectivity index (χ2n) is 6.16. The SMILES string of the molecule is CCc1c(C)sc2nc(C)c(CC(=O)O)c(-c3ccc(C)cc3)c12. The van der Waals surface area contributed by atoms with Crippen molar-refractivity contribution in [3.63, 3.8) is 0 Å². The van der Waals surface area contributed by atoms with Gasteiger partial charge in [0, 0.05) is 16.0 Å². The maximum Gasteiger partial charge on any atom is 0.307 e. The van der Waals surface area contributed by atoms with Gasteiger partial charge in [0.15, 0.2) is 0 Å². The highest BCUT2D eigenvalue weighted by atomic mass is 32.1. The second kappa shape index (κ2) is 6.36. The number of nitrogens with zero attached hydrogens (tertiary/aromatic N) is 1. The Kier molecular flexibility index (Phi) is 4.41. The van der Waals surface area contributed by atoms with Gasteiger partial charge in [0.05, 0.1) is 6.42 Å². The van der Waals surface area contributed by atoms with Crippen LogP contribution >= 0.6 is 11.3 Å². The maximum atomic E-state index is 11.4. The summed E-state index contributed by atoms with van der Waals surface area (Å²) >= 11 is 1.70. The summed E-state index contributed by atoms with van der Waals surface area (Å²) in [5, 5.41) is 10.5. The summed E-state index contributed by atoms with van der Waals surface area (Å²) in [6.45, 7) is 8.23. The summed E-state index contributed by atoms with van der Waals surface area (Å²) in [5.74, 6) is -0.822. The van der Waals surface area contributed by atoms with E-state index in [2.05, 4.69) is 45.0 Å². The molecule has 0 saturated heterocycles. The molecule has 2 aromatic heterocycles. The van der Waals surface area contributed by atoms with E-state index in [-0.39, 0.29) is 6.42 Å². The molecule has 124 valence electrons. The Bertz CT molecular complexity index is 923. The van der Waals surface area contributed by atoms with Crippen LogP contribution in [-0.2, 0) is 17.6 Å². The van der Waals surface area contributed by atoms with E-state index in [1.807, 2.05) is 6.92 Å². The molecule has 0 fully saturated rings. The predicted octanol–water partition coefficient (Wildman–Crippen LogP) is 5.08. The maximum absolute atomic E-state index is 11.4. The summed E-state index contributed by atoms with van der Waals surface area (Å²) < 4.78 is 0. The first-order valence-corrected chi connectivity index (χ1v) is 8.94. The Morgan fingerprint density at radius 3 is 2.38 bits per heavy atom. The van der Waals surface area contributed by atoms with Crippen LogP contribution in [0.25, 0.3) is 21.3 Å². The van der Waals surface area contributed by atoms with Crippen LogP contribution in [0.2, 0.25) is 0 Å². The number of carboxylic acids is 1. The highest BCUT2D eigenvalue weighted by Crippen LogP contribution is 2.40. The van der Waals surface area contributed by atoms with Gasteiger partial charge in [0.25, 0.3) is 0 Å². The summed E-state index contributed by atoms with van der Waals surface area (Å²) in [4.78, 5) is 18.4. The Hall–Kier alpha value is -2.20. The van der Waals surface area contributed by atoms with Crippen molar-refractivity contribution < 1.29 is 9.90 Å². The third kappa shape index (κ3) is 2.82. The highest BCUT2D eigenvalue weighted by molar-refractivity contribution is 7.18. The number of fused-ring (bicyclic) bond motifs is 1. The third-order valence-corrected chi connectivity index (χ3v) is 5.51. The molecule has 0 amide bonds. The number of aryl methyl sites for hydroxylation is 4. The zero-order chi connectivity index (χ0) is 17.4. The van der Waals surface area contributed by atoms with Crippen molar-refractivity contribution in [3.05, 3.63) is 51.5 Å². The van der Waals surface area contributed by atoms with Crippen LogP contribution in [0, 0.1) is 20.8 Å². The lowest BCUT2D eigenvalue weighted by Crippen LogP contribution is -2.06. The van der Waals surface area contributed by atoms with Crippen molar-refractivity contribution in [2.24, 2.45) is 0 Å². The first kappa shape index (κ1) is 16.7. The molecule has 0 aliphatic rings. The number of pyridine rings is 1. The van der Waals surface area contributed by atoms with Gasteiger partial charge in [0.2, 0.25) is 0 Å². The number of rotatable bonds is 4. The number of hydrogen-bond donors (Lipinski definition) is 1. The van der Waals surface area contributed by atoms with E-state index in [4.69, 9.17) is 4.98 Å². The molecule has 4 heteroatoms. The molecule has 0 aliphatic carbocycles. The number of aliphatic carboxylic acids is 1. The number of benzene rings is 1. The van der Waals surface area contributed by atoms with Gasteiger partial charge in [-0.3, -0.25) is 4.79 Å². The fourth-order valence-electron chi connectivity index (χ4n) is 3.28. The average molecular weight is 339 g/mol. The largest absolute Gasteiger partial charge is 0.481 e. The van der Waals surface area contributed by atoms with E-state index < -0.39 is 5.97 Å². The van der Waals surface area contributed by atoms with Gasteiger partial charge in [-0.1, -0.05) is 36.8 Å². The lowest BCUT2D eigenvalue weighted by Gasteiger charge is -2.14. The van der Waals surface area contributed by atoms with Crippen LogP contribution in [0.15, 0.2) is 24.3 Å². The Balaban J connectivity index is 2.43. The third-order valence-electron chi connectivity index (χ3n) is 4.47. The van der Waals surface area contributed by atoms with E-state index in [0.29, 0.717) is 0 Å². The number of carbonyl (C=O) groups is 1. The van der Waals surface area contributed by atoms with E-state index >= 15 is 0 Å². The molecule has 0 saturated carbocycles. The van der Waals surface area contributed by atoms with Crippen molar-refractivity contribution in [1.82, 2.24) is 4.98 Å². The van der Waals surface area contributed by atoms with Gasteiger partial charge in [-0.15, -0.1) is 11.3 Å². The molecule has 3 aromatic rings. The molecule has 0 atom stereocenters. The highest BCUT2D eigenvalue weighted by Gasteiger charge is 2.21. The first-order valence-electron chi connectivity index (χ1n) is 8.12. The van der Waals surface area contributed by atoms with Crippen LogP contribution in [0.4, 0.5) is 0 Å². The fraction of sp³-hybridized carbons (Fsp3) is 0.300. The number of hydrogen-bond acceptors (Lipinski definition) is 3. The molecule has 0 aliphatic heterocycles. The lowest BCUT2D eigenvalue weighted by molar-refractivity contribution is -0.136. The summed E-state index contributed by atoms with van der Waals surface area (Å²) in [6.07, 6.45) is 0.915. The molecule has 3 nitrogen and oxygen atoms in total. The summed E-state index contributed by atoms with van der Waals surface area (Å²) in [5.41, 5.74) is 6.22. The number of carboxylic acid groups (broad SMARTS) is 1. The van der Waals surface area contributed by atoms with Gasteiger partial charge < -0.3 is 5.11 Å². The van der Waals surface area contributed by atoms with Gasteiger partial charge in [-0.25, -0.2) is 4.98 Å². The van der Waals surface area contributed by atoms with E-state index in [1.54, 1.807) is 11.3 Å². The van der Waals surface area contributed by atoms with Crippen LogP contribution in [-0.4, -0.2) is 16.1 Å². The summed E-state index contributed by atoms with van der Waals surface area (Å²) in [6, 6.07) is 8.32. The predicted molar refractivity (Wildman–Crippen MR) is 100.0 cm³/mol. The van der Waals surface area contributed by atoms with Crippen molar-refractivity contribution in [1.29, 1.82) is 0 Å². The summed E-state index contributed by atoms with van der Waals surface area (Å²) in [7, 11) is 0. The minimum absolute atomic E-state index is 0.00394. The fourth-order valence-corrected chi connectivity index (χ4v) is 4.45. The minimum Gasteiger partial charge on any atom is -0.481 e. The first-order chi connectivity index (χ1) is 11.4. The Morgan fingerprint density at radius 1 is 1.12 bits per heavy atom. The minimum atomic E-state index is -0.822. The monoisotopic (exact) mass is 339 g/mol. The van der Waals surface area contributed by atoms with Crippen molar-refractivity contribution in [3.8, 4) is 11.1 Å². The van der Waals surface area contributed by atoms with Crippen molar-refractivity contribution in [2.75, 3.05) is 0 Å². The number of thiophene rings is 1. The molecular formula is C20H21NO2S. The molecule has 1 N–H and O–H groups in total. The second-order valence-corrected chi connectivity index (χ2v) is 7.36. The molecule has 0 radical (unpaired) electrons. The van der Waals surface area contributed by atoms with Crippen LogP contribution in [0.1, 0.15) is 34.2 Å². The molecule has 1 aromatic carbocycles. The van der Waals surface area contributed by atoms with Crippen molar-refractivity contribution in [2.45, 2.75) is 40.5 Å². The molecule has 0 spiro atoms. The van der Waals surface area contributed by atoms with Gasteiger partial charge in [0.1, 0.15) is 4.83 Å². The van der Waals surface area contributed by atoms with Gasteiger partial charge in [-0.2, -0.15) is 0 Å². The van der Waals surface area contributed by atoms with E-state index in [9.17, 15) is 9.90 Å². The van der Waals surface area contributed by atoms with Gasteiger partial charge in [-0.05, 0) is 49.4 Å². The Morgan fingerprint density at radius 2 is 1.79 bits per heavy atom. The molecule has 24 heavy (non-hydrogen) atoms. The normalized spacial score (nSPS) is 11.2. The average Bonchev–Trinajstić information content (AvgIpc) is 2.83. The van der Waals surface area contributed by atoms with Crippen LogP contribution < -0.4 is 0 Å². The molecule has 2 heterocycles. The number of aromatic nitrogens is 1. The van der Waals surface area contributed by atoms with E-state index in [1.165, 1.54) is 16.0 Å². The zero-order valence-corrected chi connectivity index (χ0v) is 15.3. The Labute approximate surface area is 146 Å². The molecular weight excluding hydrogens is 318 g/mol. The molecule has 0 unspecified atom stereocenters.